The van der Waals surface area contributed by atoms with Crippen LogP contribution >= 0.6 is 7.82 Å². The van der Waals surface area contributed by atoms with Crippen LogP contribution in [0, 0.1) is 0 Å². The highest BCUT2D eigenvalue weighted by Crippen LogP contribution is 2.43. The molecule has 0 spiro atoms. The van der Waals surface area contributed by atoms with E-state index in [2.05, 4.69) is 19.2 Å². The summed E-state index contributed by atoms with van der Waals surface area (Å²) in [6.45, 7) is 4.90. The summed E-state index contributed by atoms with van der Waals surface area (Å²) in [4.78, 5) is 23.1. The maximum atomic E-state index is 12.8. The van der Waals surface area contributed by atoms with Gasteiger partial charge in [0, 0.05) is 6.42 Å². The fraction of sp³-hybridized carbons (Fsp3) is 0.981. The average Bonchev–Trinajstić information content (AvgIpc) is 3.21. The number of unbranched alkanes of at least 4 members (excludes halogenated alkanes) is 37. The molecule has 3 atom stereocenters. The number of nitrogens with one attached hydrogen (secondary N) is 1. The fourth-order valence-electron chi connectivity index (χ4n) is 8.34. The summed E-state index contributed by atoms with van der Waals surface area (Å²) in [6.07, 6.45) is 51.8. The number of carbonyl (C=O) groups is 1. The van der Waals surface area contributed by atoms with Crippen molar-refractivity contribution >= 4 is 13.7 Å². The normalized spacial score (nSPS) is 14.0. The van der Waals surface area contributed by atoms with Crippen molar-refractivity contribution in [2.45, 2.75) is 289 Å². The highest BCUT2D eigenvalue weighted by molar-refractivity contribution is 7.47. The van der Waals surface area contributed by atoms with E-state index in [-0.39, 0.29) is 19.1 Å². The summed E-state index contributed by atoms with van der Waals surface area (Å²) in [5, 5.41) is 14.0. The summed E-state index contributed by atoms with van der Waals surface area (Å²) < 4.78 is 23.6. The maximum Gasteiger partial charge on any atom is 0.472 e. The molecule has 0 aliphatic carbocycles. The van der Waals surface area contributed by atoms with Crippen LogP contribution in [0.15, 0.2) is 0 Å². The molecule has 366 valence electrons. The number of quaternary nitrogens is 1. The van der Waals surface area contributed by atoms with E-state index in [0.717, 1.165) is 38.5 Å². The van der Waals surface area contributed by atoms with Gasteiger partial charge in [0.25, 0.3) is 0 Å². The van der Waals surface area contributed by atoms with Gasteiger partial charge in [-0.1, -0.05) is 258 Å². The summed E-state index contributed by atoms with van der Waals surface area (Å²) in [5.41, 5.74) is 0. The number of phosphoric ester groups is 1. The summed E-state index contributed by atoms with van der Waals surface area (Å²) in [7, 11) is 1.63. The zero-order chi connectivity index (χ0) is 45.0. The van der Waals surface area contributed by atoms with Crippen molar-refractivity contribution in [3.05, 3.63) is 0 Å². The van der Waals surface area contributed by atoms with Gasteiger partial charge in [-0.3, -0.25) is 13.8 Å². The Hall–Kier alpha value is -0.500. The standard InChI is InChI=1S/C52H107N2O6P/c1-6-8-10-12-14-16-17-18-19-20-21-22-23-24-25-26-27-28-29-30-31-32-33-34-35-36-38-39-41-43-45-51(55)50(49-60-61(57,58)59-48-47-54(3,4)5)53-52(56)46-44-42-40-37-15-13-11-9-7-2/h50-51,55H,6-49H2,1-5H3,(H-,53,56,57,58)/p+1. The van der Waals surface area contributed by atoms with Gasteiger partial charge in [0.05, 0.1) is 39.9 Å². The monoisotopic (exact) mass is 888 g/mol. The number of nitrogens with zero attached hydrogens (tertiary/aromatic N) is 1. The van der Waals surface area contributed by atoms with Crippen LogP contribution in [0.5, 0.6) is 0 Å². The van der Waals surface area contributed by atoms with Crippen molar-refractivity contribution in [1.29, 1.82) is 0 Å². The third-order valence-corrected chi connectivity index (χ3v) is 13.6. The predicted octanol–water partition coefficient (Wildman–Crippen LogP) is 15.7. The smallest absolute Gasteiger partial charge is 0.391 e. The molecule has 0 saturated heterocycles. The molecule has 0 aliphatic rings. The Morgan fingerprint density at radius 2 is 0.787 bits per heavy atom. The van der Waals surface area contributed by atoms with Crippen molar-refractivity contribution in [1.82, 2.24) is 5.32 Å². The lowest BCUT2D eigenvalue weighted by Gasteiger charge is -2.26. The van der Waals surface area contributed by atoms with Gasteiger partial charge in [0.15, 0.2) is 0 Å². The molecular formula is C52H108N2O6P+. The van der Waals surface area contributed by atoms with Crippen molar-refractivity contribution in [2.75, 3.05) is 40.9 Å². The summed E-state index contributed by atoms with van der Waals surface area (Å²) in [6, 6.07) is -0.753. The Balaban J connectivity index is 3.94. The van der Waals surface area contributed by atoms with E-state index in [0.29, 0.717) is 23.9 Å². The molecule has 0 fully saturated rings. The van der Waals surface area contributed by atoms with E-state index in [1.807, 2.05) is 21.1 Å². The first kappa shape index (κ1) is 60.5. The third-order valence-electron chi connectivity index (χ3n) is 12.6. The zero-order valence-electron chi connectivity index (χ0n) is 41.7. The SMILES string of the molecule is CCCCCCCCCCCCCCCCCCCCCCCCCCCCCCCCC(O)C(COP(=O)(O)OCC[N+](C)(C)C)NC(=O)CCCCCCCCCCC. The molecule has 8 nitrogen and oxygen atoms in total. The van der Waals surface area contributed by atoms with Crippen LogP contribution in [0.1, 0.15) is 277 Å². The lowest BCUT2D eigenvalue weighted by atomic mass is 10.0. The van der Waals surface area contributed by atoms with Crippen LogP contribution in [-0.2, 0) is 18.4 Å². The average molecular weight is 888 g/mol. The van der Waals surface area contributed by atoms with Crippen molar-refractivity contribution in [3.8, 4) is 0 Å². The van der Waals surface area contributed by atoms with Gasteiger partial charge in [0.1, 0.15) is 13.2 Å². The number of carbonyl (C=O) groups excluding carboxylic acids is 1. The Bertz CT molecular complexity index is 963. The molecule has 61 heavy (non-hydrogen) atoms. The molecule has 0 aromatic heterocycles. The minimum absolute atomic E-state index is 0.0785. The molecule has 0 aromatic rings. The minimum Gasteiger partial charge on any atom is -0.391 e. The Morgan fingerprint density at radius 3 is 1.10 bits per heavy atom. The van der Waals surface area contributed by atoms with E-state index in [1.54, 1.807) is 0 Å². The first-order valence-electron chi connectivity index (χ1n) is 26.9. The molecule has 0 bridgehead atoms. The molecule has 0 rings (SSSR count). The van der Waals surface area contributed by atoms with Crippen molar-refractivity contribution in [2.24, 2.45) is 0 Å². The van der Waals surface area contributed by atoms with Crippen LogP contribution in [0.2, 0.25) is 0 Å². The summed E-state index contributed by atoms with van der Waals surface area (Å²) >= 11 is 0. The first-order chi connectivity index (χ1) is 29.5. The molecule has 3 unspecified atom stereocenters. The molecule has 0 saturated carbocycles. The summed E-state index contributed by atoms with van der Waals surface area (Å²) in [5.74, 6) is -0.143. The van der Waals surface area contributed by atoms with E-state index < -0.39 is 20.0 Å². The van der Waals surface area contributed by atoms with Gasteiger partial charge in [-0.05, 0) is 12.8 Å². The number of rotatable bonds is 50. The lowest BCUT2D eigenvalue weighted by Crippen LogP contribution is -2.46. The number of phosphoric acid groups is 1. The van der Waals surface area contributed by atoms with E-state index in [9.17, 15) is 19.4 Å². The highest BCUT2D eigenvalue weighted by atomic mass is 31.2. The highest BCUT2D eigenvalue weighted by Gasteiger charge is 2.28. The second-order valence-corrected chi connectivity index (χ2v) is 21.4. The number of amides is 1. The topological polar surface area (TPSA) is 105 Å². The number of likely N-dealkylation sites (N-methyl/N-ethyl adjacent to an activating group) is 1. The first-order valence-corrected chi connectivity index (χ1v) is 28.4. The second kappa shape index (κ2) is 44.7. The van der Waals surface area contributed by atoms with Gasteiger partial charge in [-0.25, -0.2) is 4.57 Å². The van der Waals surface area contributed by atoms with Crippen LogP contribution in [0.4, 0.5) is 0 Å². The van der Waals surface area contributed by atoms with Gasteiger partial charge in [-0.15, -0.1) is 0 Å². The molecule has 1 amide bonds. The van der Waals surface area contributed by atoms with Gasteiger partial charge >= 0.3 is 7.82 Å². The zero-order valence-corrected chi connectivity index (χ0v) is 42.6. The molecular weight excluding hydrogens is 780 g/mol. The second-order valence-electron chi connectivity index (χ2n) is 20.0. The number of aliphatic hydroxyl groups excluding tert-OH is 1. The quantitative estimate of drug-likeness (QED) is 0.0319. The van der Waals surface area contributed by atoms with Gasteiger partial charge in [-0.2, -0.15) is 0 Å². The maximum absolute atomic E-state index is 12.8. The predicted molar refractivity (Wildman–Crippen MR) is 263 cm³/mol. The number of hydrogen-bond acceptors (Lipinski definition) is 5. The van der Waals surface area contributed by atoms with Crippen LogP contribution in [-0.4, -0.2) is 73.4 Å². The van der Waals surface area contributed by atoms with Crippen LogP contribution in [0.3, 0.4) is 0 Å². The van der Waals surface area contributed by atoms with E-state index in [4.69, 9.17) is 9.05 Å². The molecule has 0 heterocycles. The van der Waals surface area contributed by atoms with Crippen molar-refractivity contribution in [3.63, 3.8) is 0 Å². The Kier molecular flexibility index (Phi) is 44.3. The Morgan fingerprint density at radius 1 is 0.492 bits per heavy atom. The van der Waals surface area contributed by atoms with Gasteiger partial charge in [0.2, 0.25) is 5.91 Å². The third kappa shape index (κ3) is 47.3. The molecule has 0 radical (unpaired) electrons. The van der Waals surface area contributed by atoms with E-state index >= 15 is 0 Å². The fourth-order valence-corrected chi connectivity index (χ4v) is 9.08. The van der Waals surface area contributed by atoms with Gasteiger partial charge < -0.3 is 19.8 Å². The Labute approximate surface area is 380 Å². The number of hydrogen-bond donors (Lipinski definition) is 3. The molecule has 0 aromatic carbocycles. The lowest BCUT2D eigenvalue weighted by molar-refractivity contribution is -0.870. The van der Waals surface area contributed by atoms with Crippen molar-refractivity contribution < 1.29 is 32.9 Å². The molecule has 3 N–H and O–H groups in total. The van der Waals surface area contributed by atoms with Crippen LogP contribution in [0.25, 0.3) is 0 Å². The molecule has 0 aliphatic heterocycles. The minimum atomic E-state index is -4.31. The van der Waals surface area contributed by atoms with E-state index in [1.165, 1.54) is 212 Å². The largest absolute Gasteiger partial charge is 0.472 e. The molecule has 9 heteroatoms. The van der Waals surface area contributed by atoms with Crippen LogP contribution < -0.4 is 5.32 Å². The number of aliphatic hydroxyl groups is 1.